The van der Waals surface area contributed by atoms with Crippen molar-refractivity contribution in [2.45, 2.75) is 12.6 Å². The number of benzene rings is 1. The van der Waals surface area contributed by atoms with Crippen LogP contribution in [0.15, 0.2) is 21.1 Å². The maximum absolute atomic E-state index is 12.4. The summed E-state index contributed by atoms with van der Waals surface area (Å²) in [6.07, 6.45) is -7.63. The average molecular weight is 354 g/mol. The van der Waals surface area contributed by atoms with E-state index in [-0.39, 0.29) is 4.47 Å². The van der Waals surface area contributed by atoms with Gasteiger partial charge in [0.1, 0.15) is 0 Å². The predicted octanol–water partition coefficient (Wildman–Crippen LogP) is 5.17. The summed E-state index contributed by atoms with van der Waals surface area (Å²) in [5.74, 6) is 0. The van der Waals surface area contributed by atoms with Crippen LogP contribution in [0.1, 0.15) is 17.6 Å². The van der Waals surface area contributed by atoms with Gasteiger partial charge in [0.25, 0.3) is 6.43 Å². The van der Waals surface area contributed by atoms with Gasteiger partial charge in [0.2, 0.25) is 0 Å². The minimum atomic E-state index is -4.65. The minimum Gasteiger partial charge on any atom is -0.205 e. The van der Waals surface area contributed by atoms with Crippen LogP contribution in [0, 0.1) is 0 Å². The number of alkyl halides is 5. The number of rotatable bonds is 1. The lowest BCUT2D eigenvalue weighted by Crippen LogP contribution is -2.08. The van der Waals surface area contributed by atoms with E-state index < -0.39 is 28.2 Å². The normalized spacial score (nSPS) is 12.3. The molecule has 84 valence electrons. The van der Waals surface area contributed by atoms with Gasteiger partial charge in [-0.05, 0) is 28.1 Å². The van der Waals surface area contributed by atoms with Gasteiger partial charge in [-0.3, -0.25) is 0 Å². The Morgan fingerprint density at radius 3 is 2.00 bits per heavy atom. The van der Waals surface area contributed by atoms with Crippen LogP contribution >= 0.6 is 31.9 Å². The molecule has 0 bridgehead atoms. The van der Waals surface area contributed by atoms with Gasteiger partial charge >= 0.3 is 6.18 Å². The minimum absolute atomic E-state index is 0.0580. The zero-order chi connectivity index (χ0) is 11.8. The first-order valence-electron chi connectivity index (χ1n) is 3.58. The average Bonchev–Trinajstić information content (AvgIpc) is 2.00. The molecule has 0 heterocycles. The van der Waals surface area contributed by atoms with E-state index in [1.54, 1.807) is 0 Å². The van der Waals surface area contributed by atoms with Crippen molar-refractivity contribution >= 4 is 31.9 Å². The summed E-state index contributed by atoms with van der Waals surface area (Å²) in [7, 11) is 0. The fourth-order valence-electron chi connectivity index (χ4n) is 0.988. The molecule has 1 rings (SSSR count). The Morgan fingerprint density at radius 1 is 1.07 bits per heavy atom. The van der Waals surface area contributed by atoms with E-state index in [4.69, 9.17) is 0 Å². The maximum Gasteiger partial charge on any atom is 0.417 e. The Balaban J connectivity index is 3.42. The molecule has 0 aromatic heterocycles. The third-order valence-electron chi connectivity index (χ3n) is 1.65. The molecule has 0 nitrogen and oxygen atoms in total. The summed E-state index contributed by atoms with van der Waals surface area (Å²) in [4.78, 5) is 0. The Bertz CT molecular complexity index is 372. The van der Waals surface area contributed by atoms with E-state index in [0.29, 0.717) is 0 Å². The number of halogens is 7. The van der Waals surface area contributed by atoms with Crippen LogP contribution in [0.25, 0.3) is 0 Å². The monoisotopic (exact) mass is 352 g/mol. The van der Waals surface area contributed by atoms with Gasteiger partial charge in [-0.2, -0.15) is 13.2 Å². The Morgan fingerprint density at radius 2 is 1.60 bits per heavy atom. The largest absolute Gasteiger partial charge is 0.417 e. The van der Waals surface area contributed by atoms with Crippen molar-refractivity contribution in [3.05, 3.63) is 32.2 Å². The third-order valence-corrected chi connectivity index (χ3v) is 3.20. The molecule has 0 saturated carbocycles. The third kappa shape index (κ3) is 2.69. The van der Waals surface area contributed by atoms with Gasteiger partial charge in [-0.15, -0.1) is 0 Å². The molecule has 0 saturated heterocycles. The standard InChI is InChI=1S/C8H3Br2F5/c9-4-2-1-3(8(13,14)15)6(10)5(4)7(11)12/h1-2,7H. The molecule has 7 heteroatoms. The van der Waals surface area contributed by atoms with Gasteiger partial charge in [-0.25, -0.2) is 8.78 Å². The fraction of sp³-hybridized carbons (Fsp3) is 0.250. The van der Waals surface area contributed by atoms with Crippen molar-refractivity contribution in [3.63, 3.8) is 0 Å². The van der Waals surface area contributed by atoms with Crippen LogP contribution in [-0.2, 0) is 6.18 Å². The Labute approximate surface area is 98.7 Å². The molecule has 15 heavy (non-hydrogen) atoms. The lowest BCUT2D eigenvalue weighted by molar-refractivity contribution is -0.138. The van der Waals surface area contributed by atoms with Crippen LogP contribution in [0.4, 0.5) is 22.0 Å². The van der Waals surface area contributed by atoms with Gasteiger partial charge in [0.15, 0.2) is 0 Å². The van der Waals surface area contributed by atoms with Crippen molar-refractivity contribution in [3.8, 4) is 0 Å². The molecule has 1 aromatic rings. The van der Waals surface area contributed by atoms with E-state index in [1.165, 1.54) is 0 Å². The molecule has 0 fully saturated rings. The highest BCUT2D eigenvalue weighted by Gasteiger charge is 2.35. The number of hydrogen-bond acceptors (Lipinski definition) is 0. The van der Waals surface area contributed by atoms with E-state index in [9.17, 15) is 22.0 Å². The molecule has 1 aromatic carbocycles. The summed E-state index contributed by atoms with van der Waals surface area (Å²) in [5.41, 5.74) is -1.80. The Hall–Kier alpha value is -0.170. The quantitative estimate of drug-likeness (QED) is 0.611. The van der Waals surface area contributed by atoms with Gasteiger partial charge in [0, 0.05) is 14.5 Å². The highest BCUT2D eigenvalue weighted by atomic mass is 79.9. The molecule has 0 aliphatic rings. The lowest BCUT2D eigenvalue weighted by atomic mass is 10.1. The van der Waals surface area contributed by atoms with Gasteiger partial charge in [0.05, 0.1) is 5.56 Å². The molecular weight excluding hydrogens is 351 g/mol. The molecule has 0 unspecified atom stereocenters. The fourth-order valence-corrected chi connectivity index (χ4v) is 2.50. The smallest absolute Gasteiger partial charge is 0.205 e. The summed E-state index contributed by atoms with van der Waals surface area (Å²) < 4.78 is 61.2. The molecule has 0 spiro atoms. The van der Waals surface area contributed by atoms with Crippen molar-refractivity contribution in [1.29, 1.82) is 0 Å². The molecule has 0 aliphatic carbocycles. The molecule has 0 aliphatic heterocycles. The van der Waals surface area contributed by atoms with Gasteiger partial charge < -0.3 is 0 Å². The van der Waals surface area contributed by atoms with E-state index in [2.05, 4.69) is 31.9 Å². The second-order valence-electron chi connectivity index (χ2n) is 2.62. The first-order valence-corrected chi connectivity index (χ1v) is 5.17. The SMILES string of the molecule is FC(F)c1c(Br)ccc(C(F)(F)F)c1Br. The van der Waals surface area contributed by atoms with Crippen LogP contribution in [0.2, 0.25) is 0 Å². The summed E-state index contributed by atoms with van der Waals surface area (Å²) in [6.45, 7) is 0. The van der Waals surface area contributed by atoms with Crippen molar-refractivity contribution in [1.82, 2.24) is 0 Å². The molecule has 0 N–H and O–H groups in total. The van der Waals surface area contributed by atoms with Crippen LogP contribution in [-0.4, -0.2) is 0 Å². The van der Waals surface area contributed by atoms with Crippen LogP contribution < -0.4 is 0 Å². The maximum atomic E-state index is 12.4. The van der Waals surface area contributed by atoms with E-state index in [0.717, 1.165) is 12.1 Å². The van der Waals surface area contributed by atoms with E-state index >= 15 is 0 Å². The first-order chi connectivity index (χ1) is 6.75. The summed E-state index contributed by atoms with van der Waals surface area (Å²) in [5, 5.41) is 0. The molecule has 0 atom stereocenters. The van der Waals surface area contributed by atoms with Crippen molar-refractivity contribution < 1.29 is 22.0 Å². The Kier molecular flexibility index (Phi) is 3.76. The summed E-state index contributed by atoms with van der Waals surface area (Å²) >= 11 is 5.31. The molecule has 0 amide bonds. The topological polar surface area (TPSA) is 0 Å². The highest BCUT2D eigenvalue weighted by Crippen LogP contribution is 2.42. The first kappa shape index (κ1) is 12.9. The van der Waals surface area contributed by atoms with Crippen LogP contribution in [0.3, 0.4) is 0 Å². The zero-order valence-corrected chi connectivity index (χ0v) is 10.0. The van der Waals surface area contributed by atoms with Gasteiger partial charge in [-0.1, -0.05) is 15.9 Å². The second kappa shape index (κ2) is 4.37. The number of hydrogen-bond donors (Lipinski definition) is 0. The van der Waals surface area contributed by atoms with Crippen molar-refractivity contribution in [2.75, 3.05) is 0 Å². The highest BCUT2D eigenvalue weighted by molar-refractivity contribution is 9.11. The van der Waals surface area contributed by atoms with Crippen molar-refractivity contribution in [2.24, 2.45) is 0 Å². The van der Waals surface area contributed by atoms with E-state index in [1.807, 2.05) is 0 Å². The molecular formula is C8H3Br2F5. The second-order valence-corrected chi connectivity index (χ2v) is 4.27. The predicted molar refractivity (Wildman–Crippen MR) is 51.8 cm³/mol. The lowest BCUT2D eigenvalue weighted by Gasteiger charge is -2.13. The van der Waals surface area contributed by atoms with Crippen LogP contribution in [0.5, 0.6) is 0 Å². The summed E-state index contributed by atoms with van der Waals surface area (Å²) in [6, 6.07) is 1.69. The zero-order valence-electron chi connectivity index (χ0n) is 6.88. The molecule has 0 radical (unpaired) electrons.